The Balaban J connectivity index is 2.09. The predicted octanol–water partition coefficient (Wildman–Crippen LogP) is 5.51. The minimum Gasteiger partial charge on any atom is -0.381 e. The number of rotatable bonds is 3. The van der Waals surface area contributed by atoms with Crippen LogP contribution in [0.4, 0.5) is 10.1 Å². The Morgan fingerprint density at radius 2 is 1.89 bits per heavy atom. The third kappa shape index (κ3) is 3.37. The van der Waals surface area contributed by atoms with Crippen LogP contribution in [0.25, 0.3) is 0 Å². The first kappa shape index (κ1) is 13.7. The Morgan fingerprint density at radius 1 is 1.11 bits per heavy atom. The molecule has 5 heteroatoms. The van der Waals surface area contributed by atoms with Gasteiger partial charge in [0.05, 0.1) is 5.02 Å². The minimum absolute atomic E-state index is 0.321. The predicted molar refractivity (Wildman–Crippen MR) is 77.9 cm³/mol. The number of hydrogen-bond donors (Lipinski definition) is 1. The van der Waals surface area contributed by atoms with Crippen LogP contribution in [0.15, 0.2) is 40.9 Å². The summed E-state index contributed by atoms with van der Waals surface area (Å²) in [5, 5.41) is 4.10. The Bertz CT molecular complexity index is 575. The molecule has 2 rings (SSSR count). The number of nitrogens with one attached hydrogen (secondary N) is 1. The molecule has 1 nitrogen and oxygen atoms in total. The molecule has 0 bridgehead atoms. The van der Waals surface area contributed by atoms with Crippen molar-refractivity contribution >= 4 is 44.8 Å². The van der Waals surface area contributed by atoms with Crippen LogP contribution in [0.3, 0.4) is 0 Å². The minimum atomic E-state index is -0.321. The number of benzene rings is 2. The van der Waals surface area contributed by atoms with Crippen LogP contribution in [0.2, 0.25) is 10.0 Å². The molecule has 0 fully saturated rings. The van der Waals surface area contributed by atoms with Gasteiger partial charge >= 0.3 is 0 Å². The molecule has 0 radical (unpaired) electrons. The zero-order valence-electron chi connectivity index (χ0n) is 9.18. The van der Waals surface area contributed by atoms with Gasteiger partial charge in [-0.1, -0.05) is 29.3 Å². The zero-order chi connectivity index (χ0) is 13.1. The number of anilines is 1. The average Bonchev–Trinajstić information content (AvgIpc) is 2.32. The van der Waals surface area contributed by atoms with Crippen molar-refractivity contribution in [1.82, 2.24) is 0 Å². The highest BCUT2D eigenvalue weighted by Crippen LogP contribution is 2.26. The van der Waals surface area contributed by atoms with Gasteiger partial charge in [0.1, 0.15) is 5.82 Å². The van der Waals surface area contributed by atoms with Crippen LogP contribution in [0.1, 0.15) is 5.56 Å². The smallest absolute Gasteiger partial charge is 0.129 e. The Labute approximate surface area is 123 Å². The molecule has 0 atom stereocenters. The third-order valence-electron chi connectivity index (χ3n) is 2.42. The molecule has 0 heterocycles. The highest BCUT2D eigenvalue weighted by molar-refractivity contribution is 9.10. The van der Waals surface area contributed by atoms with E-state index in [1.54, 1.807) is 18.2 Å². The SMILES string of the molecule is Fc1cc(Cl)ccc1CNc1ccc(Br)c(Cl)c1. The first-order valence-corrected chi connectivity index (χ1v) is 6.74. The summed E-state index contributed by atoms with van der Waals surface area (Å²) in [5.74, 6) is -0.321. The molecule has 0 aliphatic heterocycles. The van der Waals surface area contributed by atoms with Crippen LogP contribution in [0, 0.1) is 5.82 Å². The summed E-state index contributed by atoms with van der Waals surface area (Å²) in [6, 6.07) is 10.1. The molecule has 0 spiro atoms. The molecule has 0 amide bonds. The van der Waals surface area contributed by atoms with Crippen molar-refractivity contribution in [1.29, 1.82) is 0 Å². The van der Waals surface area contributed by atoms with Gasteiger partial charge in [0.25, 0.3) is 0 Å². The number of hydrogen-bond acceptors (Lipinski definition) is 1. The van der Waals surface area contributed by atoms with Crippen molar-refractivity contribution < 1.29 is 4.39 Å². The van der Waals surface area contributed by atoms with Gasteiger partial charge in [0.15, 0.2) is 0 Å². The zero-order valence-corrected chi connectivity index (χ0v) is 12.3. The fourth-order valence-electron chi connectivity index (χ4n) is 1.47. The van der Waals surface area contributed by atoms with Crippen LogP contribution in [-0.4, -0.2) is 0 Å². The molecule has 18 heavy (non-hydrogen) atoms. The van der Waals surface area contributed by atoms with Crippen molar-refractivity contribution in [3.63, 3.8) is 0 Å². The molecule has 2 aromatic carbocycles. The van der Waals surface area contributed by atoms with E-state index in [9.17, 15) is 4.39 Å². The molecule has 0 aliphatic rings. The molecule has 0 aliphatic carbocycles. The second kappa shape index (κ2) is 5.91. The lowest BCUT2D eigenvalue weighted by Crippen LogP contribution is -2.01. The van der Waals surface area contributed by atoms with Crippen LogP contribution < -0.4 is 5.32 Å². The maximum atomic E-state index is 13.5. The molecule has 0 saturated carbocycles. The van der Waals surface area contributed by atoms with E-state index in [4.69, 9.17) is 23.2 Å². The summed E-state index contributed by atoms with van der Waals surface area (Å²) < 4.78 is 14.4. The van der Waals surface area contributed by atoms with Crippen LogP contribution in [0.5, 0.6) is 0 Å². The summed E-state index contributed by atoms with van der Waals surface area (Å²) in [7, 11) is 0. The Morgan fingerprint density at radius 3 is 2.56 bits per heavy atom. The second-order valence-corrected chi connectivity index (χ2v) is 5.42. The van der Waals surface area contributed by atoms with Gasteiger partial charge in [-0.15, -0.1) is 0 Å². The summed E-state index contributed by atoms with van der Waals surface area (Å²) in [5.41, 5.74) is 1.39. The van der Waals surface area contributed by atoms with Gasteiger partial charge in [-0.2, -0.15) is 0 Å². The fraction of sp³-hybridized carbons (Fsp3) is 0.0769. The van der Waals surface area contributed by atoms with Gasteiger partial charge in [-0.05, 0) is 46.3 Å². The molecule has 2 aromatic rings. The fourth-order valence-corrected chi connectivity index (χ4v) is 2.05. The van der Waals surface area contributed by atoms with Gasteiger partial charge in [-0.25, -0.2) is 4.39 Å². The van der Waals surface area contributed by atoms with Crippen molar-refractivity contribution in [3.05, 3.63) is 62.3 Å². The van der Waals surface area contributed by atoms with Crippen molar-refractivity contribution in [2.75, 3.05) is 5.32 Å². The first-order chi connectivity index (χ1) is 8.56. The normalized spacial score (nSPS) is 10.4. The lowest BCUT2D eigenvalue weighted by atomic mass is 10.2. The molecule has 94 valence electrons. The van der Waals surface area contributed by atoms with Crippen molar-refractivity contribution in [2.45, 2.75) is 6.54 Å². The average molecular weight is 349 g/mol. The lowest BCUT2D eigenvalue weighted by molar-refractivity contribution is 0.613. The molecular weight excluding hydrogens is 340 g/mol. The van der Waals surface area contributed by atoms with Gasteiger partial charge < -0.3 is 5.32 Å². The second-order valence-electron chi connectivity index (χ2n) is 3.72. The summed E-state index contributed by atoms with van der Waals surface area (Å²) >= 11 is 15.0. The highest BCUT2D eigenvalue weighted by Gasteiger charge is 2.03. The summed E-state index contributed by atoms with van der Waals surface area (Å²) in [6.45, 7) is 0.376. The van der Waals surface area contributed by atoms with Gasteiger partial charge in [-0.3, -0.25) is 0 Å². The number of halogens is 4. The molecule has 0 aromatic heterocycles. The first-order valence-electron chi connectivity index (χ1n) is 5.19. The van der Waals surface area contributed by atoms with Crippen molar-refractivity contribution in [2.24, 2.45) is 0 Å². The van der Waals surface area contributed by atoms with E-state index in [0.29, 0.717) is 22.2 Å². The summed E-state index contributed by atoms with van der Waals surface area (Å²) in [6.07, 6.45) is 0. The Kier molecular flexibility index (Phi) is 4.49. The van der Waals surface area contributed by atoms with E-state index in [1.807, 2.05) is 12.1 Å². The van der Waals surface area contributed by atoms with E-state index in [-0.39, 0.29) is 5.82 Å². The monoisotopic (exact) mass is 347 g/mol. The maximum Gasteiger partial charge on any atom is 0.129 e. The van der Waals surface area contributed by atoms with E-state index in [1.165, 1.54) is 6.07 Å². The van der Waals surface area contributed by atoms with Crippen LogP contribution in [-0.2, 0) is 6.54 Å². The maximum absolute atomic E-state index is 13.5. The van der Waals surface area contributed by atoms with Crippen molar-refractivity contribution in [3.8, 4) is 0 Å². The lowest BCUT2D eigenvalue weighted by Gasteiger charge is -2.08. The van der Waals surface area contributed by atoms with E-state index >= 15 is 0 Å². The van der Waals surface area contributed by atoms with Gasteiger partial charge in [0.2, 0.25) is 0 Å². The largest absolute Gasteiger partial charge is 0.381 e. The topological polar surface area (TPSA) is 12.0 Å². The summed E-state index contributed by atoms with van der Waals surface area (Å²) in [4.78, 5) is 0. The van der Waals surface area contributed by atoms with Gasteiger partial charge in [0, 0.05) is 27.3 Å². The highest BCUT2D eigenvalue weighted by atomic mass is 79.9. The third-order valence-corrected chi connectivity index (χ3v) is 3.89. The molecular formula is C13H9BrCl2FN. The van der Waals surface area contributed by atoms with E-state index in [0.717, 1.165) is 10.2 Å². The van der Waals surface area contributed by atoms with Crippen LogP contribution >= 0.6 is 39.1 Å². The molecule has 0 unspecified atom stereocenters. The van der Waals surface area contributed by atoms with E-state index < -0.39 is 0 Å². The standard InChI is InChI=1S/C13H9BrCl2FN/c14-11-4-3-10(6-12(11)16)18-7-8-1-2-9(15)5-13(8)17/h1-6,18H,7H2. The molecule has 0 saturated heterocycles. The van der Waals surface area contributed by atoms with E-state index in [2.05, 4.69) is 21.2 Å². The Hall–Kier alpha value is -0.770. The quantitative estimate of drug-likeness (QED) is 0.771. The molecule has 1 N–H and O–H groups in total.